The van der Waals surface area contributed by atoms with Gasteiger partial charge in [0.15, 0.2) is 0 Å². The Morgan fingerprint density at radius 3 is 2.68 bits per heavy atom. The van der Waals surface area contributed by atoms with Gasteiger partial charge in [-0.15, -0.1) is 0 Å². The zero-order valence-electron chi connectivity index (χ0n) is 10.3. The van der Waals surface area contributed by atoms with Crippen LogP contribution in [0.1, 0.15) is 12.5 Å². The zero-order valence-corrected chi connectivity index (χ0v) is 11.9. The molecule has 0 aliphatic carbocycles. The number of oxime groups is 1. The van der Waals surface area contributed by atoms with E-state index in [-0.39, 0.29) is 27.9 Å². The number of para-hydroxylation sites is 1. The first kappa shape index (κ1) is 13.6. The van der Waals surface area contributed by atoms with Crippen molar-refractivity contribution in [3.63, 3.8) is 0 Å². The largest absolute Gasteiger partial charge is 0.506 e. The average molecular weight is 325 g/mol. The Kier molecular flexibility index (Phi) is 3.90. The van der Waals surface area contributed by atoms with Crippen molar-refractivity contribution in [2.24, 2.45) is 5.16 Å². The van der Waals surface area contributed by atoms with Gasteiger partial charge in [0.25, 0.3) is 5.56 Å². The van der Waals surface area contributed by atoms with E-state index < -0.39 is 0 Å². The molecule has 0 unspecified atom stereocenters. The standard InChI is InChI=1S/C13H13BrN2O3/c1-2-16-10-6-4-3-5-8(10)12(17)11(13(16)18)9(7-14)15-19/h3-6,17,19H,2,7H2,1H3/b15-9-. The van der Waals surface area contributed by atoms with Gasteiger partial charge in [-0.05, 0) is 19.1 Å². The van der Waals surface area contributed by atoms with Crippen LogP contribution in [-0.4, -0.2) is 25.9 Å². The minimum Gasteiger partial charge on any atom is -0.506 e. The molecular formula is C13H13BrN2O3. The molecule has 0 radical (unpaired) electrons. The molecule has 0 bridgehead atoms. The summed E-state index contributed by atoms with van der Waals surface area (Å²) >= 11 is 3.14. The van der Waals surface area contributed by atoms with Crippen LogP contribution in [0, 0.1) is 0 Å². The highest BCUT2D eigenvalue weighted by Crippen LogP contribution is 2.26. The molecule has 6 heteroatoms. The lowest BCUT2D eigenvalue weighted by molar-refractivity contribution is 0.319. The molecule has 0 saturated heterocycles. The van der Waals surface area contributed by atoms with Gasteiger partial charge in [-0.3, -0.25) is 4.79 Å². The Balaban J connectivity index is 2.98. The van der Waals surface area contributed by atoms with Gasteiger partial charge in [0, 0.05) is 17.3 Å². The van der Waals surface area contributed by atoms with Crippen LogP contribution in [0.25, 0.3) is 10.9 Å². The number of aromatic nitrogens is 1. The predicted octanol–water partition coefficient (Wildman–Crippen LogP) is 2.30. The number of nitrogens with zero attached hydrogens (tertiary/aromatic N) is 2. The first-order chi connectivity index (χ1) is 9.15. The van der Waals surface area contributed by atoms with E-state index in [2.05, 4.69) is 21.1 Å². The molecule has 0 spiro atoms. The number of aryl methyl sites for hydroxylation is 1. The van der Waals surface area contributed by atoms with E-state index in [1.807, 2.05) is 6.92 Å². The first-order valence-electron chi connectivity index (χ1n) is 5.77. The van der Waals surface area contributed by atoms with Gasteiger partial charge in [0.2, 0.25) is 0 Å². The molecule has 5 nitrogen and oxygen atoms in total. The molecule has 100 valence electrons. The van der Waals surface area contributed by atoms with Crippen LogP contribution >= 0.6 is 15.9 Å². The number of alkyl halides is 1. The van der Waals surface area contributed by atoms with Crippen molar-refractivity contribution in [1.82, 2.24) is 4.57 Å². The number of halogens is 1. The summed E-state index contributed by atoms with van der Waals surface area (Å²) in [6.45, 7) is 2.31. The molecule has 1 heterocycles. The third-order valence-electron chi connectivity index (χ3n) is 3.00. The fraction of sp³-hybridized carbons (Fsp3) is 0.231. The molecule has 2 rings (SSSR count). The van der Waals surface area contributed by atoms with Gasteiger partial charge >= 0.3 is 0 Å². The van der Waals surface area contributed by atoms with Crippen LogP contribution < -0.4 is 5.56 Å². The summed E-state index contributed by atoms with van der Waals surface area (Å²) in [6, 6.07) is 7.08. The Bertz CT molecular complexity index is 707. The lowest BCUT2D eigenvalue weighted by atomic mass is 10.1. The van der Waals surface area contributed by atoms with Crippen molar-refractivity contribution < 1.29 is 10.3 Å². The van der Waals surface area contributed by atoms with E-state index in [1.165, 1.54) is 4.57 Å². The molecule has 19 heavy (non-hydrogen) atoms. The first-order valence-corrected chi connectivity index (χ1v) is 6.89. The Labute approximate surface area is 117 Å². The Hall–Kier alpha value is -1.82. The summed E-state index contributed by atoms with van der Waals surface area (Å²) < 4.78 is 1.54. The fourth-order valence-corrected chi connectivity index (χ4v) is 2.50. The minimum absolute atomic E-state index is 0.0277. The second-order valence-corrected chi connectivity index (χ2v) is 4.53. The van der Waals surface area contributed by atoms with Crippen LogP contribution in [0.2, 0.25) is 0 Å². The van der Waals surface area contributed by atoms with E-state index in [0.717, 1.165) is 0 Å². The van der Waals surface area contributed by atoms with Gasteiger partial charge in [-0.25, -0.2) is 0 Å². The van der Waals surface area contributed by atoms with E-state index in [0.29, 0.717) is 17.4 Å². The normalized spacial score (nSPS) is 12.0. The van der Waals surface area contributed by atoms with Gasteiger partial charge in [-0.1, -0.05) is 33.2 Å². The third-order valence-corrected chi connectivity index (χ3v) is 3.53. The van der Waals surface area contributed by atoms with E-state index in [4.69, 9.17) is 5.21 Å². The number of hydrogen-bond acceptors (Lipinski definition) is 4. The summed E-state index contributed by atoms with van der Waals surface area (Å²) in [5, 5.41) is 23.0. The Morgan fingerprint density at radius 2 is 2.11 bits per heavy atom. The topological polar surface area (TPSA) is 74.8 Å². The van der Waals surface area contributed by atoms with Crippen molar-refractivity contribution in [3.8, 4) is 5.75 Å². The maximum Gasteiger partial charge on any atom is 0.264 e. The molecule has 0 aliphatic rings. The summed E-state index contributed by atoms with van der Waals surface area (Å²) in [6.07, 6.45) is 0. The molecule has 0 saturated carbocycles. The fourth-order valence-electron chi connectivity index (χ4n) is 2.11. The molecule has 0 aliphatic heterocycles. The van der Waals surface area contributed by atoms with E-state index in [9.17, 15) is 9.90 Å². The van der Waals surface area contributed by atoms with Crippen LogP contribution in [-0.2, 0) is 6.54 Å². The smallest absolute Gasteiger partial charge is 0.264 e. The zero-order chi connectivity index (χ0) is 14.0. The second kappa shape index (κ2) is 5.44. The van der Waals surface area contributed by atoms with Crippen LogP contribution in [0.5, 0.6) is 5.75 Å². The predicted molar refractivity (Wildman–Crippen MR) is 77.7 cm³/mol. The minimum atomic E-state index is -0.369. The molecule has 0 amide bonds. The van der Waals surface area contributed by atoms with Crippen molar-refractivity contribution in [2.45, 2.75) is 13.5 Å². The number of aromatic hydroxyl groups is 1. The maximum atomic E-state index is 12.4. The van der Waals surface area contributed by atoms with Gasteiger partial charge in [0.05, 0.1) is 5.52 Å². The van der Waals surface area contributed by atoms with Crippen molar-refractivity contribution in [1.29, 1.82) is 0 Å². The summed E-state index contributed by atoms with van der Waals surface area (Å²) in [7, 11) is 0. The van der Waals surface area contributed by atoms with Crippen LogP contribution in [0.4, 0.5) is 0 Å². The second-order valence-electron chi connectivity index (χ2n) is 3.97. The van der Waals surface area contributed by atoms with Gasteiger partial charge in [-0.2, -0.15) is 0 Å². The molecule has 2 aromatic rings. The quantitative estimate of drug-likeness (QED) is 0.393. The van der Waals surface area contributed by atoms with Crippen molar-refractivity contribution >= 4 is 32.5 Å². The molecule has 1 aromatic heterocycles. The lowest BCUT2D eigenvalue weighted by Gasteiger charge is -2.13. The van der Waals surface area contributed by atoms with Crippen molar-refractivity contribution in [3.05, 3.63) is 40.2 Å². The average Bonchev–Trinajstić information content (AvgIpc) is 2.44. The number of pyridine rings is 1. The summed E-state index contributed by atoms with van der Waals surface area (Å²) in [5.41, 5.74) is 0.421. The third kappa shape index (κ3) is 2.12. The van der Waals surface area contributed by atoms with Gasteiger partial charge < -0.3 is 14.9 Å². The van der Waals surface area contributed by atoms with E-state index >= 15 is 0 Å². The lowest BCUT2D eigenvalue weighted by Crippen LogP contribution is -2.27. The van der Waals surface area contributed by atoms with Crippen LogP contribution in [0.15, 0.2) is 34.2 Å². The maximum absolute atomic E-state index is 12.4. The molecule has 2 N–H and O–H groups in total. The SMILES string of the molecule is CCn1c(=O)c(/C(CBr)=N\O)c(O)c2ccccc21. The van der Waals surface area contributed by atoms with E-state index in [1.54, 1.807) is 24.3 Å². The molecule has 0 fully saturated rings. The summed E-state index contributed by atoms with van der Waals surface area (Å²) in [4.78, 5) is 12.4. The van der Waals surface area contributed by atoms with Gasteiger partial charge in [0.1, 0.15) is 17.0 Å². The highest BCUT2D eigenvalue weighted by Gasteiger charge is 2.19. The number of benzene rings is 1. The molecule has 0 atom stereocenters. The highest BCUT2D eigenvalue weighted by atomic mass is 79.9. The number of hydrogen-bond donors (Lipinski definition) is 2. The highest BCUT2D eigenvalue weighted by molar-refractivity contribution is 9.09. The van der Waals surface area contributed by atoms with Crippen LogP contribution in [0.3, 0.4) is 0 Å². The van der Waals surface area contributed by atoms with Crippen molar-refractivity contribution in [2.75, 3.05) is 5.33 Å². The monoisotopic (exact) mass is 324 g/mol. The summed E-state index contributed by atoms with van der Waals surface area (Å²) in [5.74, 6) is -0.155. The number of fused-ring (bicyclic) bond motifs is 1. The molecular weight excluding hydrogens is 312 g/mol. The Morgan fingerprint density at radius 1 is 1.42 bits per heavy atom. The molecule has 1 aromatic carbocycles. The number of rotatable bonds is 3.